The lowest BCUT2D eigenvalue weighted by atomic mass is 10.1. The van der Waals surface area contributed by atoms with Crippen LogP contribution in [-0.2, 0) is 14.8 Å². The van der Waals surface area contributed by atoms with Gasteiger partial charge in [-0.2, -0.15) is 0 Å². The zero-order valence-electron chi connectivity index (χ0n) is 17.2. The molecule has 0 heterocycles. The normalized spacial score (nSPS) is 12.3. The first-order chi connectivity index (χ1) is 14.0. The van der Waals surface area contributed by atoms with Crippen LogP contribution in [0.2, 0.25) is 0 Å². The molecule has 0 aliphatic carbocycles. The van der Waals surface area contributed by atoms with Crippen molar-refractivity contribution in [2.24, 2.45) is 0 Å². The summed E-state index contributed by atoms with van der Waals surface area (Å²) >= 11 is 0. The fraction of sp³-hybridized carbons (Fsp3) is 0.350. The van der Waals surface area contributed by atoms with Gasteiger partial charge in [0.2, 0.25) is 15.9 Å². The quantitative estimate of drug-likeness (QED) is 0.475. The lowest BCUT2D eigenvalue weighted by molar-refractivity contribution is -0.384. The number of anilines is 2. The van der Waals surface area contributed by atoms with Crippen molar-refractivity contribution in [1.29, 1.82) is 0 Å². The summed E-state index contributed by atoms with van der Waals surface area (Å²) in [6.07, 6.45) is 1.13. The second-order valence-corrected chi connectivity index (χ2v) is 8.80. The molecule has 0 spiro atoms. The van der Waals surface area contributed by atoms with E-state index in [9.17, 15) is 23.3 Å². The minimum Gasteiger partial charge on any atom is -0.491 e. The maximum absolute atomic E-state index is 12.9. The molecule has 162 valence electrons. The summed E-state index contributed by atoms with van der Waals surface area (Å²) in [5.74, 6) is 0.0938. The zero-order valence-corrected chi connectivity index (χ0v) is 18.0. The number of hydrogen-bond acceptors (Lipinski definition) is 6. The Morgan fingerprint density at radius 2 is 1.83 bits per heavy atom. The molecule has 0 aliphatic heterocycles. The molecular weight excluding hydrogens is 410 g/mol. The topological polar surface area (TPSA) is 119 Å². The number of nitro benzene ring substituents is 1. The van der Waals surface area contributed by atoms with Crippen LogP contribution >= 0.6 is 0 Å². The molecule has 0 fully saturated rings. The van der Waals surface area contributed by atoms with E-state index in [0.717, 1.165) is 16.6 Å². The summed E-state index contributed by atoms with van der Waals surface area (Å²) in [5.41, 5.74) is 0.258. The van der Waals surface area contributed by atoms with E-state index in [4.69, 9.17) is 4.74 Å². The molecule has 0 bridgehead atoms. The van der Waals surface area contributed by atoms with Gasteiger partial charge in [0.1, 0.15) is 11.8 Å². The molecule has 2 aromatic carbocycles. The second-order valence-electron chi connectivity index (χ2n) is 6.94. The summed E-state index contributed by atoms with van der Waals surface area (Å²) in [4.78, 5) is 23.4. The van der Waals surface area contributed by atoms with E-state index in [-0.39, 0.29) is 23.9 Å². The van der Waals surface area contributed by atoms with Crippen LogP contribution in [0.3, 0.4) is 0 Å². The molecule has 9 nitrogen and oxygen atoms in total. The first kappa shape index (κ1) is 23.1. The van der Waals surface area contributed by atoms with Crippen LogP contribution in [0, 0.1) is 10.1 Å². The minimum absolute atomic E-state index is 0.00756. The Morgan fingerprint density at radius 1 is 1.20 bits per heavy atom. The lowest BCUT2D eigenvalue weighted by Gasteiger charge is -2.30. The first-order valence-electron chi connectivity index (χ1n) is 9.34. The monoisotopic (exact) mass is 435 g/mol. The van der Waals surface area contributed by atoms with Crippen molar-refractivity contribution in [3.05, 3.63) is 58.6 Å². The van der Waals surface area contributed by atoms with Gasteiger partial charge in [-0.05, 0) is 50.6 Å². The number of benzene rings is 2. The predicted octanol–water partition coefficient (Wildman–Crippen LogP) is 3.57. The van der Waals surface area contributed by atoms with E-state index in [2.05, 4.69) is 5.32 Å². The molecule has 0 saturated carbocycles. The first-order valence-corrected chi connectivity index (χ1v) is 11.2. The number of amides is 1. The number of nitro groups is 1. The molecule has 1 atom stereocenters. The van der Waals surface area contributed by atoms with Crippen molar-refractivity contribution in [2.75, 3.05) is 15.9 Å². The molecule has 0 radical (unpaired) electrons. The van der Waals surface area contributed by atoms with Gasteiger partial charge in [-0.15, -0.1) is 0 Å². The van der Waals surface area contributed by atoms with Crippen LogP contribution in [0.15, 0.2) is 48.5 Å². The number of nitrogens with zero attached hydrogens (tertiary/aromatic N) is 2. The molecular formula is C20H25N3O6S. The maximum atomic E-state index is 12.9. The highest BCUT2D eigenvalue weighted by Gasteiger charge is 2.32. The number of non-ortho nitro benzene ring substituents is 1. The van der Waals surface area contributed by atoms with Gasteiger partial charge in [0.25, 0.3) is 5.69 Å². The van der Waals surface area contributed by atoms with Gasteiger partial charge >= 0.3 is 0 Å². The van der Waals surface area contributed by atoms with Gasteiger partial charge in [-0.25, -0.2) is 8.42 Å². The maximum Gasteiger partial charge on any atom is 0.271 e. The molecule has 0 aromatic heterocycles. The summed E-state index contributed by atoms with van der Waals surface area (Å²) in [5, 5.41) is 13.8. The van der Waals surface area contributed by atoms with Gasteiger partial charge in [0.05, 0.1) is 23.0 Å². The van der Waals surface area contributed by atoms with E-state index in [0.29, 0.717) is 11.4 Å². The SMILES string of the molecule is CCC(C(=O)Nc1ccc(OC(C)C)cc1)N(c1cccc([N+](=O)[O-])c1)S(C)(=O)=O. The van der Waals surface area contributed by atoms with Crippen molar-refractivity contribution >= 4 is 33.0 Å². The molecule has 1 amide bonds. The van der Waals surface area contributed by atoms with E-state index in [1.54, 1.807) is 31.2 Å². The van der Waals surface area contributed by atoms with E-state index >= 15 is 0 Å². The Bertz CT molecular complexity index is 1010. The van der Waals surface area contributed by atoms with Crippen LogP contribution in [0.5, 0.6) is 5.75 Å². The van der Waals surface area contributed by atoms with Crippen LogP contribution in [0.4, 0.5) is 17.1 Å². The Morgan fingerprint density at radius 3 is 2.33 bits per heavy atom. The van der Waals surface area contributed by atoms with Gasteiger partial charge in [0, 0.05) is 17.8 Å². The van der Waals surface area contributed by atoms with Crippen LogP contribution in [0.1, 0.15) is 27.2 Å². The highest BCUT2D eigenvalue weighted by Crippen LogP contribution is 2.27. The fourth-order valence-corrected chi connectivity index (χ4v) is 4.12. The number of rotatable bonds is 9. The third-order valence-electron chi connectivity index (χ3n) is 4.12. The molecule has 0 aliphatic rings. The predicted molar refractivity (Wildman–Crippen MR) is 115 cm³/mol. The third-order valence-corrected chi connectivity index (χ3v) is 5.30. The minimum atomic E-state index is -3.90. The highest BCUT2D eigenvalue weighted by molar-refractivity contribution is 7.92. The molecule has 1 unspecified atom stereocenters. The average Bonchev–Trinajstić information content (AvgIpc) is 2.66. The highest BCUT2D eigenvalue weighted by atomic mass is 32.2. The van der Waals surface area contributed by atoms with Gasteiger partial charge in [-0.3, -0.25) is 19.2 Å². The Kier molecular flexibility index (Phi) is 7.38. The van der Waals surface area contributed by atoms with Crippen molar-refractivity contribution in [3.8, 4) is 5.75 Å². The van der Waals surface area contributed by atoms with Crippen molar-refractivity contribution < 1.29 is 22.9 Å². The molecule has 0 saturated heterocycles. The molecule has 10 heteroatoms. The summed E-state index contributed by atoms with van der Waals surface area (Å²) < 4.78 is 31.4. The molecule has 1 N–H and O–H groups in total. The number of ether oxygens (including phenoxy) is 1. The summed E-state index contributed by atoms with van der Waals surface area (Å²) in [7, 11) is -3.90. The van der Waals surface area contributed by atoms with Crippen LogP contribution in [-0.4, -0.2) is 37.6 Å². The standard InChI is InChI=1S/C20H25N3O6S/c1-5-19(20(24)21-15-9-11-18(12-10-15)29-14(2)3)22(30(4,27)28)16-7-6-8-17(13-16)23(25)26/h6-14,19H,5H2,1-4H3,(H,21,24). The Hall–Kier alpha value is -3.14. The van der Waals surface area contributed by atoms with Crippen molar-refractivity contribution in [2.45, 2.75) is 39.3 Å². The average molecular weight is 436 g/mol. The van der Waals surface area contributed by atoms with E-state index < -0.39 is 26.9 Å². The number of carbonyl (C=O) groups is 1. The number of nitrogens with one attached hydrogen (secondary N) is 1. The second kappa shape index (κ2) is 9.57. The number of sulfonamides is 1. The van der Waals surface area contributed by atoms with Gasteiger partial charge in [0.15, 0.2) is 0 Å². The largest absolute Gasteiger partial charge is 0.491 e. The van der Waals surface area contributed by atoms with Gasteiger partial charge < -0.3 is 10.1 Å². The van der Waals surface area contributed by atoms with Crippen molar-refractivity contribution in [1.82, 2.24) is 0 Å². The van der Waals surface area contributed by atoms with E-state index in [1.165, 1.54) is 18.2 Å². The van der Waals surface area contributed by atoms with Crippen LogP contribution in [0.25, 0.3) is 0 Å². The molecule has 30 heavy (non-hydrogen) atoms. The van der Waals surface area contributed by atoms with Crippen molar-refractivity contribution in [3.63, 3.8) is 0 Å². The van der Waals surface area contributed by atoms with Crippen LogP contribution < -0.4 is 14.4 Å². The summed E-state index contributed by atoms with van der Waals surface area (Å²) in [6, 6.07) is 10.8. The fourth-order valence-electron chi connectivity index (χ4n) is 2.92. The summed E-state index contributed by atoms with van der Waals surface area (Å²) in [6.45, 7) is 5.46. The smallest absolute Gasteiger partial charge is 0.271 e. The Balaban J connectivity index is 2.32. The third kappa shape index (κ3) is 5.93. The number of carbonyl (C=O) groups excluding carboxylic acids is 1. The number of hydrogen-bond donors (Lipinski definition) is 1. The lowest BCUT2D eigenvalue weighted by Crippen LogP contribution is -2.47. The van der Waals surface area contributed by atoms with E-state index in [1.807, 2.05) is 13.8 Å². The molecule has 2 rings (SSSR count). The Labute approximate surface area is 175 Å². The van der Waals surface area contributed by atoms with Gasteiger partial charge in [-0.1, -0.05) is 13.0 Å². The molecule has 2 aromatic rings. The zero-order chi connectivity index (χ0) is 22.5.